The van der Waals surface area contributed by atoms with Crippen LogP contribution in [0.15, 0.2) is 0 Å². The molecule has 0 aliphatic rings. The number of nitrogens with zero attached hydrogens (tertiary/aromatic N) is 2. The Hall–Kier alpha value is -0.488. The van der Waals surface area contributed by atoms with Gasteiger partial charge in [-0.15, -0.1) is 5.28 Å². The first-order valence-electron chi connectivity index (χ1n) is 1.63. The smallest absolute Gasteiger partial charge is 0.117 e. The lowest BCUT2D eigenvalue weighted by molar-refractivity contribution is 1.48. The van der Waals surface area contributed by atoms with Crippen LogP contribution in [0.25, 0.3) is 0 Å². The van der Waals surface area contributed by atoms with Gasteiger partial charge in [0.25, 0.3) is 0 Å². The Kier molecular flexibility index (Phi) is 979. The molecule has 2 radical (unpaired) electrons. The summed E-state index contributed by atoms with van der Waals surface area (Å²) in [6, 6.07) is 0. The Morgan fingerprint density at radius 1 is 1.29 bits per heavy atom. The lowest BCUT2D eigenvalue weighted by Crippen LogP contribution is -1.41. The van der Waals surface area contributed by atoms with Gasteiger partial charge in [0, 0.05) is 13.1 Å². The van der Waals surface area contributed by atoms with Crippen LogP contribution < -0.4 is 0 Å². The van der Waals surface area contributed by atoms with Crippen LogP contribution in [0.1, 0.15) is 6.92 Å². The zero-order chi connectivity index (χ0) is 6.71. The van der Waals surface area contributed by atoms with E-state index in [9.17, 15) is 0 Å². The molecule has 0 aromatic rings. The maximum atomic E-state index is 6.50. The van der Waals surface area contributed by atoms with Crippen LogP contribution in [0.5, 0.6) is 0 Å². The molecule has 0 amide bonds. The molecule has 3 heteroatoms. The van der Waals surface area contributed by atoms with Crippen LogP contribution >= 0.6 is 0 Å². The van der Waals surface area contributed by atoms with Crippen LogP contribution in [-0.2, 0) is 0 Å². The summed E-state index contributed by atoms with van der Waals surface area (Å²) >= 11 is 2.58. The zero-order valence-electron chi connectivity index (χ0n) is 4.33. The third-order valence-corrected chi connectivity index (χ3v) is 0. The van der Waals surface area contributed by atoms with Crippen molar-refractivity contribution in [3.8, 4) is 13.1 Å². The summed E-state index contributed by atoms with van der Waals surface area (Å²) in [6.07, 6.45) is 0. The van der Waals surface area contributed by atoms with Crippen LogP contribution in [-0.4, -0.2) is 16.3 Å². The summed E-state index contributed by atoms with van der Waals surface area (Å²) in [5, 5.41) is 14.2. The summed E-state index contributed by atoms with van der Waals surface area (Å²) in [6.45, 7) is 9.09. The van der Waals surface area contributed by atoms with E-state index in [1.165, 1.54) is 5.28 Å². The molecule has 0 unspecified atom stereocenters. The molecule has 0 fully saturated rings. The van der Waals surface area contributed by atoms with Crippen molar-refractivity contribution in [1.29, 1.82) is 10.5 Å². The van der Waals surface area contributed by atoms with E-state index < -0.39 is 0 Å². The van der Waals surface area contributed by atoms with Gasteiger partial charge in [0.15, 0.2) is 0 Å². The highest BCUT2D eigenvalue weighted by molar-refractivity contribution is 6.08. The molecule has 2 nitrogen and oxygen atoms in total. The van der Waals surface area contributed by atoms with Gasteiger partial charge in [0.1, 0.15) is 16.3 Å². The number of nitriles is 2. The molecular formula is C4H7AlN2. The summed E-state index contributed by atoms with van der Waals surface area (Å²) in [7, 11) is 0. The molecule has 7 heavy (non-hydrogen) atoms. The highest BCUT2D eigenvalue weighted by atomic mass is 27.0. The van der Waals surface area contributed by atoms with E-state index in [1.54, 1.807) is 0 Å². The van der Waals surface area contributed by atoms with Crippen molar-refractivity contribution in [3.63, 3.8) is 0 Å². The van der Waals surface area contributed by atoms with Gasteiger partial charge in [-0.05, 0) is 0 Å². The van der Waals surface area contributed by atoms with E-state index in [0.29, 0.717) is 0 Å². The highest BCUT2D eigenvalue weighted by Gasteiger charge is 1.37. The SMILES string of the molecule is C#N.C#N.C[CH2][Al]. The minimum atomic E-state index is 1.17. The Morgan fingerprint density at radius 2 is 1.29 bits per heavy atom. The number of hydrogen-bond donors (Lipinski definition) is 0. The number of rotatable bonds is 0. The fraction of sp³-hybridized carbons (Fsp3) is 0.500. The normalized spacial score (nSPS) is 3.00. The van der Waals surface area contributed by atoms with Gasteiger partial charge in [0.05, 0.1) is 0 Å². The Balaban J connectivity index is -0.0000000360. The maximum absolute atomic E-state index is 6.50. The predicted octanol–water partition coefficient (Wildman–Crippen LogP) is 0.873. The lowest BCUT2D eigenvalue weighted by atomic mass is 11.0. The monoisotopic (exact) mass is 110 g/mol. The molecule has 0 spiro atoms. The standard InChI is InChI=1S/C2H5.2CHN.Al/c3*1-2;/h1H2,2H3;2*1H;. The van der Waals surface area contributed by atoms with Crippen molar-refractivity contribution in [2.24, 2.45) is 0 Å². The molecule has 0 aromatic carbocycles. The van der Waals surface area contributed by atoms with E-state index in [-0.39, 0.29) is 0 Å². The molecule has 0 atom stereocenters. The molecule has 0 bridgehead atoms. The van der Waals surface area contributed by atoms with Crippen LogP contribution in [0.4, 0.5) is 0 Å². The quantitative estimate of drug-likeness (QED) is 0.434. The first-order valence-corrected chi connectivity index (χ1v) is 2.45. The summed E-state index contributed by atoms with van der Waals surface area (Å²) in [4.78, 5) is 0. The van der Waals surface area contributed by atoms with E-state index in [2.05, 4.69) is 36.4 Å². The molecule has 0 aliphatic heterocycles. The van der Waals surface area contributed by atoms with Gasteiger partial charge in [-0.3, -0.25) is 0 Å². The van der Waals surface area contributed by atoms with Gasteiger partial charge in [-0.25, -0.2) is 10.5 Å². The third-order valence-electron chi connectivity index (χ3n) is 0. The van der Waals surface area contributed by atoms with Crippen molar-refractivity contribution >= 4 is 16.3 Å². The van der Waals surface area contributed by atoms with Crippen molar-refractivity contribution in [2.45, 2.75) is 12.2 Å². The molecular weight excluding hydrogens is 103 g/mol. The Morgan fingerprint density at radius 3 is 1.29 bits per heavy atom. The molecule has 0 N–H and O–H groups in total. The van der Waals surface area contributed by atoms with Crippen molar-refractivity contribution < 1.29 is 0 Å². The van der Waals surface area contributed by atoms with E-state index in [1.807, 2.05) is 0 Å². The minimum absolute atomic E-state index is 1.17. The minimum Gasteiger partial charge on any atom is -0.202 e. The van der Waals surface area contributed by atoms with Gasteiger partial charge >= 0.3 is 0 Å². The van der Waals surface area contributed by atoms with Crippen LogP contribution in [0, 0.1) is 23.7 Å². The summed E-state index contributed by atoms with van der Waals surface area (Å²) < 4.78 is 0. The third kappa shape index (κ3) is 286. The second kappa shape index (κ2) is 427. The van der Waals surface area contributed by atoms with Gasteiger partial charge in [0.2, 0.25) is 0 Å². The molecule has 0 saturated heterocycles. The Labute approximate surface area is 52.8 Å². The second-order valence-electron chi connectivity index (χ2n) is 0.408. The second-order valence-corrected chi connectivity index (χ2v) is 1.22. The van der Waals surface area contributed by atoms with Gasteiger partial charge in [-0.2, -0.15) is 0 Å². The zero-order valence-corrected chi connectivity index (χ0v) is 5.49. The van der Waals surface area contributed by atoms with Gasteiger partial charge in [-0.1, -0.05) is 6.92 Å². The fourth-order valence-electron chi connectivity index (χ4n) is 0. The first kappa shape index (κ1) is 16.0. The Bertz CT molecular complexity index is 33.4. The van der Waals surface area contributed by atoms with E-state index in [4.69, 9.17) is 10.5 Å². The maximum Gasteiger partial charge on any atom is 0.117 e. The number of hydrogen-bond acceptors (Lipinski definition) is 2. The van der Waals surface area contributed by atoms with Gasteiger partial charge < -0.3 is 0 Å². The lowest BCUT2D eigenvalue weighted by Gasteiger charge is -1.47. The average molecular weight is 110 g/mol. The molecule has 0 saturated carbocycles. The summed E-state index contributed by atoms with van der Waals surface area (Å²) in [5.74, 6) is 0. The fourth-order valence-corrected chi connectivity index (χ4v) is 0. The largest absolute Gasteiger partial charge is 0.202 e. The highest BCUT2D eigenvalue weighted by Crippen LogP contribution is 1.49. The van der Waals surface area contributed by atoms with Crippen molar-refractivity contribution in [1.82, 2.24) is 0 Å². The molecule has 36 valence electrons. The van der Waals surface area contributed by atoms with Crippen LogP contribution in [0.2, 0.25) is 5.28 Å². The molecule has 0 aliphatic carbocycles. The van der Waals surface area contributed by atoms with E-state index >= 15 is 0 Å². The van der Waals surface area contributed by atoms with E-state index in [0.717, 1.165) is 0 Å². The molecule has 0 rings (SSSR count). The van der Waals surface area contributed by atoms with Crippen LogP contribution in [0.3, 0.4) is 0 Å². The average Bonchev–Trinajstić information content (AvgIpc) is 1.78. The topological polar surface area (TPSA) is 47.6 Å². The van der Waals surface area contributed by atoms with Crippen molar-refractivity contribution in [3.05, 3.63) is 0 Å². The summed E-state index contributed by atoms with van der Waals surface area (Å²) in [5.41, 5.74) is 0. The molecule has 0 aromatic heterocycles. The predicted molar refractivity (Wildman–Crippen MR) is 29.6 cm³/mol. The molecule has 0 heterocycles. The first-order chi connectivity index (χ1) is 3.41. The van der Waals surface area contributed by atoms with Crippen molar-refractivity contribution in [2.75, 3.05) is 0 Å².